The van der Waals surface area contributed by atoms with Gasteiger partial charge in [-0.25, -0.2) is 9.36 Å². The van der Waals surface area contributed by atoms with E-state index in [1.807, 2.05) is 6.92 Å². The van der Waals surface area contributed by atoms with Crippen LogP contribution < -0.4 is 11.1 Å². The Balaban J connectivity index is 2.14. The van der Waals surface area contributed by atoms with E-state index in [9.17, 15) is 24.9 Å². The Bertz CT molecular complexity index is 843. The topological polar surface area (TPSA) is 134 Å². The minimum atomic E-state index is -1.44. The molecule has 25 heavy (non-hydrogen) atoms. The molecule has 0 bridgehead atoms. The lowest BCUT2D eigenvalue weighted by atomic mass is 9.95. The van der Waals surface area contributed by atoms with Crippen molar-refractivity contribution >= 4 is 17.0 Å². The summed E-state index contributed by atoms with van der Waals surface area (Å²) in [6.45, 7) is 2.52. The van der Waals surface area contributed by atoms with E-state index >= 15 is 0 Å². The molecule has 1 fully saturated rings. The summed E-state index contributed by atoms with van der Waals surface area (Å²) >= 11 is 0. The maximum atomic E-state index is 12.4. The van der Waals surface area contributed by atoms with Crippen LogP contribution in [0.25, 0.3) is 11.1 Å². The third kappa shape index (κ3) is 3.07. The van der Waals surface area contributed by atoms with Crippen LogP contribution in [0, 0.1) is 6.92 Å². The fraction of sp³-hybridized carbons (Fsp3) is 0.500. The molecule has 2 aromatic rings. The fourth-order valence-corrected chi connectivity index (χ4v) is 3.09. The minimum absolute atomic E-state index is 0.321. The number of fused-ring (bicyclic) bond motifs is 1. The second-order valence-corrected chi connectivity index (χ2v) is 6.16. The number of aliphatic hydroxyl groups excluding tert-OH is 3. The van der Waals surface area contributed by atoms with Gasteiger partial charge in [-0.3, -0.25) is 4.79 Å². The number of nitrogens with one attached hydrogen (secondary N) is 1. The van der Waals surface area contributed by atoms with Gasteiger partial charge in [0.2, 0.25) is 5.91 Å². The zero-order valence-electron chi connectivity index (χ0n) is 13.7. The van der Waals surface area contributed by atoms with E-state index in [1.54, 1.807) is 18.2 Å². The van der Waals surface area contributed by atoms with Crippen LogP contribution in [0.2, 0.25) is 0 Å². The standard InChI is InChI=1S/C16H20N2O7/c1-7-3-4-10-9(5-7)18(16(23)25-10)15-12(17-8(2)20)14(22)13(21)11(6-19)24-15/h3-5,11-15,19,21-22H,6H2,1-2H3,(H,17,20)/t11-,12-,13-,14+,15+/m1/s1. The second-order valence-electron chi connectivity index (χ2n) is 6.16. The van der Waals surface area contributed by atoms with E-state index in [-0.39, 0.29) is 0 Å². The second kappa shape index (κ2) is 6.60. The van der Waals surface area contributed by atoms with Gasteiger partial charge in [-0.05, 0) is 24.6 Å². The minimum Gasteiger partial charge on any atom is -0.408 e. The van der Waals surface area contributed by atoms with Crippen LogP contribution in [0.5, 0.6) is 0 Å². The van der Waals surface area contributed by atoms with Gasteiger partial charge in [0.15, 0.2) is 11.8 Å². The van der Waals surface area contributed by atoms with Crippen LogP contribution in [0.1, 0.15) is 18.7 Å². The average Bonchev–Trinajstić information content (AvgIpc) is 2.87. The molecule has 1 aliphatic rings. The number of ether oxygens (including phenoxy) is 1. The van der Waals surface area contributed by atoms with Gasteiger partial charge < -0.3 is 29.8 Å². The summed E-state index contributed by atoms with van der Waals surface area (Å²) in [5.41, 5.74) is 1.61. The van der Waals surface area contributed by atoms with E-state index in [4.69, 9.17) is 9.15 Å². The molecule has 1 aliphatic heterocycles. The number of hydrogen-bond acceptors (Lipinski definition) is 7. The monoisotopic (exact) mass is 352 g/mol. The van der Waals surface area contributed by atoms with Gasteiger partial charge in [0, 0.05) is 6.92 Å². The lowest BCUT2D eigenvalue weighted by Gasteiger charge is -2.42. The molecule has 2 heterocycles. The van der Waals surface area contributed by atoms with Gasteiger partial charge in [0.1, 0.15) is 24.4 Å². The Kier molecular flexibility index (Phi) is 4.65. The number of aromatic nitrogens is 1. The molecule has 0 unspecified atom stereocenters. The van der Waals surface area contributed by atoms with Gasteiger partial charge in [-0.2, -0.15) is 0 Å². The van der Waals surface area contributed by atoms with Crippen molar-refractivity contribution in [2.24, 2.45) is 0 Å². The molecule has 0 radical (unpaired) electrons. The molecule has 1 aromatic heterocycles. The third-order valence-electron chi connectivity index (χ3n) is 4.29. The largest absolute Gasteiger partial charge is 0.422 e. The summed E-state index contributed by atoms with van der Waals surface area (Å²) in [6.07, 6.45) is -5.14. The van der Waals surface area contributed by atoms with Crippen molar-refractivity contribution in [3.63, 3.8) is 0 Å². The number of benzene rings is 1. The third-order valence-corrected chi connectivity index (χ3v) is 4.29. The number of aryl methyl sites for hydroxylation is 1. The first kappa shape index (κ1) is 17.6. The van der Waals surface area contributed by atoms with Crippen molar-refractivity contribution in [1.82, 2.24) is 9.88 Å². The van der Waals surface area contributed by atoms with Gasteiger partial charge in [-0.1, -0.05) is 6.07 Å². The van der Waals surface area contributed by atoms with Gasteiger partial charge >= 0.3 is 5.76 Å². The summed E-state index contributed by atoms with van der Waals surface area (Å²) in [7, 11) is 0. The fourth-order valence-electron chi connectivity index (χ4n) is 3.09. The number of aliphatic hydroxyl groups is 3. The summed E-state index contributed by atoms with van der Waals surface area (Å²) in [4.78, 5) is 23.9. The number of carbonyl (C=O) groups excluding carboxylic acids is 1. The van der Waals surface area contributed by atoms with Crippen molar-refractivity contribution in [1.29, 1.82) is 0 Å². The summed E-state index contributed by atoms with van der Waals surface area (Å²) in [5.74, 6) is -1.20. The molecule has 0 spiro atoms. The van der Waals surface area contributed by atoms with E-state index in [1.165, 1.54) is 11.5 Å². The lowest BCUT2D eigenvalue weighted by molar-refractivity contribution is -0.216. The number of nitrogens with zero attached hydrogens (tertiary/aromatic N) is 1. The van der Waals surface area contributed by atoms with Crippen LogP contribution in [-0.2, 0) is 9.53 Å². The van der Waals surface area contributed by atoms with Crippen molar-refractivity contribution in [2.75, 3.05) is 6.61 Å². The molecule has 9 nitrogen and oxygen atoms in total. The Hall–Kier alpha value is -2.20. The molecule has 0 aliphatic carbocycles. The first-order valence-corrected chi connectivity index (χ1v) is 7.84. The highest BCUT2D eigenvalue weighted by Crippen LogP contribution is 2.30. The van der Waals surface area contributed by atoms with Crippen molar-refractivity contribution in [2.45, 2.75) is 44.4 Å². The number of hydrogen-bond donors (Lipinski definition) is 4. The summed E-state index contributed by atoms with van der Waals surface area (Å²) < 4.78 is 12.0. The predicted molar refractivity (Wildman–Crippen MR) is 85.8 cm³/mol. The van der Waals surface area contributed by atoms with Crippen LogP contribution >= 0.6 is 0 Å². The highest BCUT2D eigenvalue weighted by Gasteiger charge is 2.46. The van der Waals surface area contributed by atoms with Crippen LogP contribution in [0.4, 0.5) is 0 Å². The molecule has 5 atom stereocenters. The Morgan fingerprint density at radius 2 is 2.04 bits per heavy atom. The van der Waals surface area contributed by atoms with Gasteiger partial charge in [0.05, 0.1) is 12.1 Å². The summed E-state index contributed by atoms with van der Waals surface area (Å²) in [6, 6.07) is 4.01. The van der Waals surface area contributed by atoms with Gasteiger partial charge in [0.25, 0.3) is 0 Å². The molecule has 3 rings (SSSR count). The maximum Gasteiger partial charge on any atom is 0.422 e. The molecular weight excluding hydrogens is 332 g/mol. The quantitative estimate of drug-likeness (QED) is 0.558. The van der Waals surface area contributed by atoms with Gasteiger partial charge in [-0.15, -0.1) is 0 Å². The SMILES string of the molecule is CC(=O)N[C@@H]1[C@H](O)[C@H](O)[C@@H](CO)O[C@@H]1n1c(=O)oc2ccc(C)cc21. The average molecular weight is 352 g/mol. The first-order valence-electron chi connectivity index (χ1n) is 7.84. The molecule has 4 N–H and O–H groups in total. The van der Waals surface area contributed by atoms with Crippen LogP contribution in [0.3, 0.4) is 0 Å². The highest BCUT2D eigenvalue weighted by atomic mass is 16.5. The molecule has 9 heteroatoms. The summed E-state index contributed by atoms with van der Waals surface area (Å²) in [5, 5.41) is 32.3. The number of amides is 1. The maximum absolute atomic E-state index is 12.4. The zero-order chi connectivity index (χ0) is 18.3. The van der Waals surface area contributed by atoms with Crippen LogP contribution in [0.15, 0.2) is 27.4 Å². The van der Waals surface area contributed by atoms with E-state index < -0.39 is 48.9 Å². The van der Waals surface area contributed by atoms with E-state index in [2.05, 4.69) is 5.32 Å². The van der Waals surface area contributed by atoms with Crippen molar-refractivity contribution in [3.8, 4) is 0 Å². The molecule has 1 saturated heterocycles. The lowest BCUT2D eigenvalue weighted by Crippen LogP contribution is -2.62. The van der Waals surface area contributed by atoms with E-state index in [0.717, 1.165) is 5.56 Å². The molecule has 136 valence electrons. The Morgan fingerprint density at radius 1 is 1.32 bits per heavy atom. The van der Waals surface area contributed by atoms with E-state index in [0.29, 0.717) is 11.1 Å². The highest BCUT2D eigenvalue weighted by molar-refractivity contribution is 5.75. The Morgan fingerprint density at radius 3 is 2.68 bits per heavy atom. The van der Waals surface area contributed by atoms with Crippen LogP contribution in [-0.4, -0.2) is 56.8 Å². The normalized spacial score (nSPS) is 29.7. The molecule has 0 saturated carbocycles. The Labute approximate surface area is 142 Å². The number of rotatable bonds is 3. The molecular formula is C16H20N2O7. The number of carbonyl (C=O) groups is 1. The zero-order valence-corrected chi connectivity index (χ0v) is 13.7. The van der Waals surface area contributed by atoms with Crippen molar-refractivity contribution < 1.29 is 29.3 Å². The smallest absolute Gasteiger partial charge is 0.408 e. The molecule has 1 aromatic carbocycles. The van der Waals surface area contributed by atoms with Crippen molar-refractivity contribution in [3.05, 3.63) is 34.3 Å². The molecule has 1 amide bonds. The number of oxazole rings is 1. The predicted octanol–water partition coefficient (Wildman–Crippen LogP) is -0.981. The first-order chi connectivity index (χ1) is 11.8.